The van der Waals surface area contributed by atoms with Gasteiger partial charge >= 0.3 is 0 Å². The number of nitrogens with zero attached hydrogens (tertiary/aromatic N) is 4. The number of guanidine groups is 1. The van der Waals surface area contributed by atoms with Crippen LogP contribution in [0.5, 0.6) is 0 Å². The Morgan fingerprint density at radius 2 is 2.07 bits per heavy atom. The Labute approximate surface area is 160 Å². The van der Waals surface area contributed by atoms with Crippen LogP contribution in [0.4, 0.5) is 0 Å². The van der Waals surface area contributed by atoms with Crippen LogP contribution in [0.15, 0.2) is 29.3 Å². The summed E-state index contributed by atoms with van der Waals surface area (Å²) in [5, 5.41) is 25.6. The zero-order valence-electron chi connectivity index (χ0n) is 16.4. The predicted molar refractivity (Wildman–Crippen MR) is 106 cm³/mol. The number of aliphatic hydroxyl groups is 1. The first-order chi connectivity index (χ1) is 13.0. The number of rotatable bonds is 6. The minimum atomic E-state index is -0.586. The van der Waals surface area contributed by atoms with Gasteiger partial charge in [-0.1, -0.05) is 42.7 Å². The molecule has 146 valence electrons. The second kappa shape index (κ2) is 8.99. The molecule has 1 unspecified atom stereocenters. The number of aromatic nitrogens is 3. The van der Waals surface area contributed by atoms with Crippen molar-refractivity contribution in [3.63, 3.8) is 0 Å². The van der Waals surface area contributed by atoms with Crippen molar-refractivity contribution >= 4 is 5.96 Å². The van der Waals surface area contributed by atoms with E-state index in [0.29, 0.717) is 25.1 Å². The van der Waals surface area contributed by atoms with E-state index in [9.17, 15) is 5.11 Å². The number of benzene rings is 1. The van der Waals surface area contributed by atoms with Gasteiger partial charge in [-0.25, -0.2) is 4.99 Å². The fraction of sp³-hybridized carbons (Fsp3) is 0.550. The highest BCUT2D eigenvalue weighted by Gasteiger charge is 2.17. The molecule has 7 heteroatoms. The van der Waals surface area contributed by atoms with Crippen molar-refractivity contribution in [2.75, 3.05) is 6.54 Å². The summed E-state index contributed by atoms with van der Waals surface area (Å²) in [6.45, 7) is 4.80. The maximum atomic E-state index is 10.5. The second-order valence-electron chi connectivity index (χ2n) is 7.32. The van der Waals surface area contributed by atoms with Gasteiger partial charge < -0.3 is 20.3 Å². The van der Waals surface area contributed by atoms with Crippen LogP contribution in [0.2, 0.25) is 0 Å². The van der Waals surface area contributed by atoms with Gasteiger partial charge in [0.2, 0.25) is 0 Å². The van der Waals surface area contributed by atoms with Gasteiger partial charge in [-0.3, -0.25) is 0 Å². The Morgan fingerprint density at radius 1 is 1.30 bits per heavy atom. The van der Waals surface area contributed by atoms with Crippen molar-refractivity contribution in [3.05, 3.63) is 47.0 Å². The van der Waals surface area contributed by atoms with Gasteiger partial charge in [-0.2, -0.15) is 0 Å². The summed E-state index contributed by atoms with van der Waals surface area (Å²) >= 11 is 0. The van der Waals surface area contributed by atoms with E-state index in [1.54, 1.807) is 0 Å². The lowest BCUT2D eigenvalue weighted by molar-refractivity contribution is 0.180. The Morgan fingerprint density at radius 3 is 2.74 bits per heavy atom. The highest BCUT2D eigenvalue weighted by atomic mass is 16.3. The molecule has 0 saturated heterocycles. The van der Waals surface area contributed by atoms with E-state index < -0.39 is 6.10 Å². The summed E-state index contributed by atoms with van der Waals surface area (Å²) < 4.78 is 1.94. The molecule has 0 aliphatic heterocycles. The third-order valence-corrected chi connectivity index (χ3v) is 5.15. The van der Waals surface area contributed by atoms with Gasteiger partial charge in [0.05, 0.1) is 6.10 Å². The molecule has 1 aliphatic carbocycles. The number of nitrogens with one attached hydrogen (secondary N) is 2. The first-order valence-corrected chi connectivity index (χ1v) is 9.67. The molecular formula is C20H30N6O. The zero-order chi connectivity index (χ0) is 19.2. The average Bonchev–Trinajstić information content (AvgIpc) is 3.28. The molecule has 3 rings (SSSR count). The topological polar surface area (TPSA) is 87.4 Å². The summed E-state index contributed by atoms with van der Waals surface area (Å²) in [6, 6.07) is 8.39. The molecule has 1 aromatic heterocycles. The molecule has 1 aliphatic rings. The second-order valence-corrected chi connectivity index (χ2v) is 7.32. The maximum Gasteiger partial charge on any atom is 0.192 e. The van der Waals surface area contributed by atoms with Crippen molar-refractivity contribution in [2.45, 2.75) is 58.2 Å². The molecular weight excluding hydrogens is 340 g/mol. The maximum absolute atomic E-state index is 10.5. The smallest absolute Gasteiger partial charge is 0.192 e. The van der Waals surface area contributed by atoms with E-state index in [2.05, 4.69) is 25.8 Å². The third kappa shape index (κ3) is 5.29. The van der Waals surface area contributed by atoms with Crippen molar-refractivity contribution in [2.24, 2.45) is 12.0 Å². The van der Waals surface area contributed by atoms with Crippen molar-refractivity contribution in [3.8, 4) is 0 Å². The van der Waals surface area contributed by atoms with Gasteiger partial charge in [0.15, 0.2) is 11.8 Å². The molecule has 1 aromatic carbocycles. The molecule has 2 aromatic rings. The SMILES string of the molecule is Cc1cccc(C(O)CNC(=NCc2nnc(C)n2C)NC2CCCC2)c1. The average molecular weight is 371 g/mol. The third-order valence-electron chi connectivity index (χ3n) is 5.15. The van der Waals surface area contributed by atoms with Crippen molar-refractivity contribution in [1.82, 2.24) is 25.4 Å². The summed E-state index contributed by atoms with van der Waals surface area (Å²) in [5.41, 5.74) is 2.05. The molecule has 27 heavy (non-hydrogen) atoms. The van der Waals surface area contributed by atoms with E-state index in [0.717, 1.165) is 35.6 Å². The minimum absolute atomic E-state index is 0.403. The highest BCUT2D eigenvalue weighted by molar-refractivity contribution is 5.80. The summed E-state index contributed by atoms with van der Waals surface area (Å²) in [5.74, 6) is 2.40. The van der Waals surface area contributed by atoms with E-state index in [4.69, 9.17) is 0 Å². The number of aryl methyl sites for hydroxylation is 2. The van der Waals surface area contributed by atoms with Gasteiger partial charge in [0.25, 0.3) is 0 Å². The van der Waals surface area contributed by atoms with E-state index in [1.165, 1.54) is 12.8 Å². The zero-order valence-corrected chi connectivity index (χ0v) is 16.4. The van der Waals surface area contributed by atoms with Crippen LogP contribution >= 0.6 is 0 Å². The summed E-state index contributed by atoms with van der Waals surface area (Å²) in [7, 11) is 1.94. The summed E-state index contributed by atoms with van der Waals surface area (Å²) in [4.78, 5) is 4.67. The Bertz CT molecular complexity index is 779. The largest absolute Gasteiger partial charge is 0.387 e. The Kier molecular flexibility index (Phi) is 6.45. The lowest BCUT2D eigenvalue weighted by Gasteiger charge is -2.19. The molecule has 0 radical (unpaired) electrons. The molecule has 3 N–H and O–H groups in total. The fourth-order valence-electron chi connectivity index (χ4n) is 3.34. The van der Waals surface area contributed by atoms with Gasteiger partial charge in [-0.05, 0) is 32.3 Å². The van der Waals surface area contributed by atoms with Crippen molar-refractivity contribution in [1.29, 1.82) is 0 Å². The van der Waals surface area contributed by atoms with Crippen LogP contribution in [0.1, 0.15) is 54.6 Å². The summed E-state index contributed by atoms with van der Waals surface area (Å²) in [6.07, 6.45) is 4.23. The van der Waals surface area contributed by atoms with Crippen LogP contribution in [-0.2, 0) is 13.6 Å². The molecule has 0 bridgehead atoms. The van der Waals surface area contributed by atoms with Crippen molar-refractivity contribution < 1.29 is 5.11 Å². The molecule has 7 nitrogen and oxygen atoms in total. The van der Waals surface area contributed by atoms with Crippen LogP contribution in [0.25, 0.3) is 0 Å². The fourth-order valence-corrected chi connectivity index (χ4v) is 3.34. The number of aliphatic hydroxyl groups excluding tert-OH is 1. The standard InChI is InChI=1S/C20H30N6O/c1-14-7-6-8-16(11-14)18(27)12-21-20(23-17-9-4-5-10-17)22-13-19-25-24-15(2)26(19)3/h6-8,11,17-18,27H,4-5,9-10,12-13H2,1-3H3,(H2,21,22,23). The number of hydrogen-bond donors (Lipinski definition) is 3. The molecule has 1 atom stereocenters. The van der Waals surface area contributed by atoms with E-state index in [-0.39, 0.29) is 0 Å². The van der Waals surface area contributed by atoms with E-state index in [1.807, 2.05) is 49.7 Å². The molecule has 1 fully saturated rings. The quantitative estimate of drug-likeness (QED) is 0.536. The van der Waals surface area contributed by atoms with Crippen LogP contribution in [-0.4, -0.2) is 38.4 Å². The molecule has 0 spiro atoms. The molecule has 0 amide bonds. The van der Waals surface area contributed by atoms with Crippen LogP contribution in [0, 0.1) is 13.8 Å². The first-order valence-electron chi connectivity index (χ1n) is 9.67. The monoisotopic (exact) mass is 370 g/mol. The number of hydrogen-bond acceptors (Lipinski definition) is 4. The first kappa shape index (κ1) is 19.4. The minimum Gasteiger partial charge on any atom is -0.387 e. The lowest BCUT2D eigenvalue weighted by atomic mass is 10.1. The Hall–Kier alpha value is -2.41. The van der Waals surface area contributed by atoms with Gasteiger partial charge in [-0.15, -0.1) is 10.2 Å². The van der Waals surface area contributed by atoms with Crippen LogP contribution < -0.4 is 10.6 Å². The number of aliphatic imine (C=N–C) groups is 1. The normalized spacial score (nSPS) is 16.5. The highest BCUT2D eigenvalue weighted by Crippen LogP contribution is 2.18. The Balaban J connectivity index is 1.65. The molecule has 1 heterocycles. The predicted octanol–water partition coefficient (Wildman–Crippen LogP) is 2.14. The molecule has 1 saturated carbocycles. The van der Waals surface area contributed by atoms with Gasteiger partial charge in [0.1, 0.15) is 12.4 Å². The van der Waals surface area contributed by atoms with E-state index >= 15 is 0 Å². The lowest BCUT2D eigenvalue weighted by Crippen LogP contribution is -2.43. The van der Waals surface area contributed by atoms with Crippen LogP contribution in [0.3, 0.4) is 0 Å². The van der Waals surface area contributed by atoms with Gasteiger partial charge in [0, 0.05) is 19.6 Å².